The third-order valence-electron chi connectivity index (χ3n) is 5.17. The number of piperazine rings is 1. The first-order chi connectivity index (χ1) is 12.2. The molecular formula is C18H24N4O2S. The fourth-order valence-electron chi connectivity index (χ4n) is 3.67. The number of hydrogen-bond donors (Lipinski definition) is 0. The maximum atomic E-state index is 12.5. The Hall–Kier alpha value is -1.89. The molecule has 2 aromatic heterocycles. The predicted molar refractivity (Wildman–Crippen MR) is 97.3 cm³/mol. The smallest absolute Gasteiger partial charge is 0.289 e. The number of nitrogens with zero attached hydrogens (tertiary/aromatic N) is 4. The first-order valence-corrected chi connectivity index (χ1v) is 9.96. The number of amides is 1. The Morgan fingerprint density at radius 1 is 1.12 bits per heavy atom. The van der Waals surface area contributed by atoms with Crippen molar-refractivity contribution in [1.82, 2.24) is 15.1 Å². The molecular weight excluding hydrogens is 336 g/mol. The van der Waals surface area contributed by atoms with Gasteiger partial charge in [-0.3, -0.25) is 4.79 Å². The molecule has 7 heteroatoms. The van der Waals surface area contributed by atoms with Crippen LogP contribution in [0.5, 0.6) is 0 Å². The molecule has 6 nitrogen and oxygen atoms in total. The molecule has 2 aliphatic rings. The molecule has 0 atom stereocenters. The second kappa shape index (κ2) is 7.15. The van der Waals surface area contributed by atoms with Gasteiger partial charge in [0.25, 0.3) is 5.91 Å². The minimum absolute atomic E-state index is 0.0205. The van der Waals surface area contributed by atoms with E-state index in [4.69, 9.17) is 4.42 Å². The van der Waals surface area contributed by atoms with Crippen LogP contribution in [0.1, 0.15) is 59.3 Å². The maximum absolute atomic E-state index is 12.5. The van der Waals surface area contributed by atoms with Gasteiger partial charge in [0.1, 0.15) is 10.8 Å². The van der Waals surface area contributed by atoms with E-state index in [1.54, 1.807) is 17.4 Å². The highest BCUT2D eigenvalue weighted by Crippen LogP contribution is 2.36. The van der Waals surface area contributed by atoms with Gasteiger partial charge in [-0.15, -0.1) is 10.2 Å². The summed E-state index contributed by atoms with van der Waals surface area (Å²) < 4.78 is 5.46. The summed E-state index contributed by atoms with van der Waals surface area (Å²) in [5.41, 5.74) is 0. The largest absolute Gasteiger partial charge is 0.456 e. The summed E-state index contributed by atoms with van der Waals surface area (Å²) in [6, 6.07) is 3.59. The molecule has 0 radical (unpaired) electrons. The highest BCUT2D eigenvalue weighted by molar-refractivity contribution is 7.15. The van der Waals surface area contributed by atoms with E-state index in [0.29, 0.717) is 24.8 Å². The normalized spacial score (nSPS) is 19.4. The van der Waals surface area contributed by atoms with Crippen LogP contribution in [0.4, 0.5) is 5.13 Å². The average Bonchev–Trinajstić information content (AvgIpc) is 3.31. The number of carbonyl (C=O) groups is 1. The molecule has 25 heavy (non-hydrogen) atoms. The number of carbonyl (C=O) groups excluding carboxylic acids is 1. The lowest BCUT2D eigenvalue weighted by molar-refractivity contribution is 0.0713. The van der Waals surface area contributed by atoms with Crippen molar-refractivity contribution >= 4 is 22.4 Å². The topological polar surface area (TPSA) is 62.5 Å². The lowest BCUT2D eigenvalue weighted by Crippen LogP contribution is -2.48. The average molecular weight is 360 g/mol. The third-order valence-corrected chi connectivity index (χ3v) is 6.32. The predicted octanol–water partition coefficient (Wildman–Crippen LogP) is 3.45. The lowest BCUT2D eigenvalue weighted by atomic mass is 9.90. The van der Waals surface area contributed by atoms with E-state index < -0.39 is 0 Å². The molecule has 1 saturated heterocycles. The fourth-order valence-corrected chi connectivity index (χ4v) is 4.74. The molecule has 0 bridgehead atoms. The minimum Gasteiger partial charge on any atom is -0.456 e. The first kappa shape index (κ1) is 16.6. The van der Waals surface area contributed by atoms with Crippen molar-refractivity contribution in [2.24, 2.45) is 0 Å². The van der Waals surface area contributed by atoms with Crippen LogP contribution in [0.25, 0.3) is 0 Å². The molecule has 4 rings (SSSR count). The number of hydrogen-bond acceptors (Lipinski definition) is 6. The Bertz CT molecular complexity index is 727. The molecule has 2 aromatic rings. The summed E-state index contributed by atoms with van der Waals surface area (Å²) in [5, 5.41) is 11.1. The molecule has 2 fully saturated rings. The zero-order chi connectivity index (χ0) is 17.2. The van der Waals surface area contributed by atoms with E-state index in [1.165, 1.54) is 37.1 Å². The van der Waals surface area contributed by atoms with E-state index in [9.17, 15) is 4.79 Å². The zero-order valence-corrected chi connectivity index (χ0v) is 15.4. The molecule has 3 heterocycles. The number of aryl methyl sites for hydroxylation is 1. The second-order valence-corrected chi connectivity index (χ2v) is 7.93. The summed E-state index contributed by atoms with van der Waals surface area (Å²) in [5.74, 6) is 1.78. The molecule has 1 aliphatic carbocycles. The van der Waals surface area contributed by atoms with Gasteiger partial charge in [0.2, 0.25) is 5.13 Å². The van der Waals surface area contributed by atoms with Crippen LogP contribution >= 0.6 is 11.3 Å². The standard InChI is InChI=1S/C18H24N4O2S/c1-13-7-8-15(24-13)17(23)21-9-11-22(12-10-21)18-20-19-16(25-18)14-5-3-2-4-6-14/h7-8,14H,2-6,9-12H2,1H3. The van der Waals surface area contributed by atoms with Crippen molar-refractivity contribution < 1.29 is 9.21 Å². The monoisotopic (exact) mass is 360 g/mol. The Labute approximate surface area is 151 Å². The van der Waals surface area contributed by atoms with Crippen LogP contribution < -0.4 is 4.90 Å². The summed E-state index contributed by atoms with van der Waals surface area (Å²) in [7, 11) is 0. The highest BCUT2D eigenvalue weighted by atomic mass is 32.1. The molecule has 1 saturated carbocycles. The Morgan fingerprint density at radius 3 is 2.56 bits per heavy atom. The number of rotatable bonds is 3. The molecule has 0 spiro atoms. The summed E-state index contributed by atoms with van der Waals surface area (Å²) >= 11 is 1.74. The van der Waals surface area contributed by atoms with Crippen LogP contribution in [0, 0.1) is 6.92 Å². The summed E-state index contributed by atoms with van der Waals surface area (Å²) in [4.78, 5) is 16.6. The van der Waals surface area contributed by atoms with Gasteiger partial charge in [-0.25, -0.2) is 0 Å². The maximum Gasteiger partial charge on any atom is 0.289 e. The van der Waals surface area contributed by atoms with Crippen LogP contribution in [0.2, 0.25) is 0 Å². The minimum atomic E-state index is -0.0205. The zero-order valence-electron chi connectivity index (χ0n) is 14.6. The van der Waals surface area contributed by atoms with E-state index in [-0.39, 0.29) is 5.91 Å². The fraction of sp³-hybridized carbons (Fsp3) is 0.611. The number of aromatic nitrogens is 2. The van der Waals surface area contributed by atoms with Crippen molar-refractivity contribution in [3.05, 3.63) is 28.7 Å². The summed E-state index contributed by atoms with van der Waals surface area (Å²) in [6.45, 7) is 4.83. The quantitative estimate of drug-likeness (QED) is 0.839. The van der Waals surface area contributed by atoms with E-state index in [1.807, 2.05) is 17.9 Å². The van der Waals surface area contributed by atoms with Crippen molar-refractivity contribution in [3.8, 4) is 0 Å². The summed E-state index contributed by atoms with van der Waals surface area (Å²) in [6.07, 6.45) is 6.48. The van der Waals surface area contributed by atoms with E-state index in [0.717, 1.165) is 24.0 Å². The Balaban J connectivity index is 1.35. The Morgan fingerprint density at radius 2 is 1.88 bits per heavy atom. The van der Waals surface area contributed by atoms with Gasteiger partial charge < -0.3 is 14.2 Å². The molecule has 0 aromatic carbocycles. The molecule has 1 amide bonds. The lowest BCUT2D eigenvalue weighted by Gasteiger charge is -2.33. The van der Waals surface area contributed by atoms with Gasteiger partial charge in [-0.1, -0.05) is 30.6 Å². The van der Waals surface area contributed by atoms with E-state index in [2.05, 4.69) is 15.1 Å². The van der Waals surface area contributed by atoms with Crippen LogP contribution in [0.15, 0.2) is 16.5 Å². The van der Waals surface area contributed by atoms with Crippen LogP contribution in [0.3, 0.4) is 0 Å². The first-order valence-electron chi connectivity index (χ1n) is 9.15. The van der Waals surface area contributed by atoms with E-state index >= 15 is 0 Å². The second-order valence-electron chi connectivity index (χ2n) is 6.95. The number of anilines is 1. The van der Waals surface area contributed by atoms with Crippen molar-refractivity contribution in [3.63, 3.8) is 0 Å². The SMILES string of the molecule is Cc1ccc(C(=O)N2CCN(c3nnc(C4CCCCC4)s3)CC2)o1. The van der Waals surface area contributed by atoms with Gasteiger partial charge >= 0.3 is 0 Å². The third kappa shape index (κ3) is 3.56. The van der Waals surface area contributed by atoms with Gasteiger partial charge in [-0.05, 0) is 31.9 Å². The molecule has 134 valence electrons. The van der Waals surface area contributed by atoms with Gasteiger partial charge in [-0.2, -0.15) is 0 Å². The highest BCUT2D eigenvalue weighted by Gasteiger charge is 2.27. The Kier molecular flexibility index (Phi) is 4.74. The molecule has 0 unspecified atom stereocenters. The van der Waals surface area contributed by atoms with Gasteiger partial charge in [0, 0.05) is 32.1 Å². The molecule has 1 aliphatic heterocycles. The van der Waals surface area contributed by atoms with Gasteiger partial charge in [0.05, 0.1) is 0 Å². The van der Waals surface area contributed by atoms with Gasteiger partial charge in [0.15, 0.2) is 5.76 Å². The van der Waals surface area contributed by atoms with Crippen molar-refractivity contribution in [2.75, 3.05) is 31.1 Å². The van der Waals surface area contributed by atoms with Crippen LogP contribution in [-0.4, -0.2) is 47.2 Å². The van der Waals surface area contributed by atoms with Crippen LogP contribution in [-0.2, 0) is 0 Å². The van der Waals surface area contributed by atoms with Crippen molar-refractivity contribution in [2.45, 2.75) is 44.9 Å². The molecule has 0 N–H and O–H groups in total. The number of furan rings is 1. The van der Waals surface area contributed by atoms with Crippen molar-refractivity contribution in [1.29, 1.82) is 0 Å².